The Labute approximate surface area is 150 Å². The molecular weight excluding hydrogens is 316 g/mol. The van der Waals surface area contributed by atoms with Crippen LogP contribution in [0.25, 0.3) is 0 Å². The van der Waals surface area contributed by atoms with Gasteiger partial charge in [-0.25, -0.2) is 4.79 Å². The van der Waals surface area contributed by atoms with Crippen LogP contribution in [0.1, 0.15) is 51.7 Å². The Hall–Kier alpha value is -1.55. The lowest BCUT2D eigenvalue weighted by Gasteiger charge is -2.56. The second-order valence-corrected chi connectivity index (χ2v) is 8.13. The summed E-state index contributed by atoms with van der Waals surface area (Å²) < 4.78 is 10.5. The lowest BCUT2D eigenvalue weighted by Crippen LogP contribution is -2.52. The van der Waals surface area contributed by atoms with Gasteiger partial charge in [0.15, 0.2) is 0 Å². The molecule has 25 heavy (non-hydrogen) atoms. The molecule has 138 valence electrons. The summed E-state index contributed by atoms with van der Waals surface area (Å²) in [5.74, 6) is 1.50. The summed E-state index contributed by atoms with van der Waals surface area (Å²) in [7, 11) is 1.43. The van der Waals surface area contributed by atoms with Crippen LogP contribution in [0.4, 0.5) is 0 Å². The Bertz CT molecular complexity index is 632. The fourth-order valence-corrected chi connectivity index (χ4v) is 5.25. The highest BCUT2D eigenvalue weighted by Gasteiger charge is 2.55. The first-order chi connectivity index (χ1) is 12.0. The number of esters is 1. The van der Waals surface area contributed by atoms with E-state index in [1.807, 2.05) is 18.2 Å². The average Bonchev–Trinajstić information content (AvgIpc) is 3.16. The zero-order valence-electron chi connectivity index (χ0n) is 15.6. The fourth-order valence-electron chi connectivity index (χ4n) is 5.25. The molecule has 0 aromatic carbocycles. The Morgan fingerprint density at radius 3 is 2.88 bits per heavy atom. The average molecular weight is 346 g/mol. The number of rotatable bonds is 5. The molecule has 2 aliphatic rings. The third-order valence-corrected chi connectivity index (χ3v) is 7.13. The Balaban J connectivity index is 1.83. The molecule has 1 aromatic rings. The lowest BCUT2D eigenvalue weighted by molar-refractivity contribution is -0.141. The highest BCUT2D eigenvalue weighted by Crippen LogP contribution is 2.60. The minimum atomic E-state index is -0.436. The van der Waals surface area contributed by atoms with Crippen molar-refractivity contribution in [2.45, 2.75) is 52.4 Å². The van der Waals surface area contributed by atoms with Crippen LogP contribution in [-0.2, 0) is 16.0 Å². The number of carbonyl (C=O) groups excluding carboxylic acids is 1. The summed E-state index contributed by atoms with van der Waals surface area (Å²) in [6, 6.07) is 3.97. The minimum Gasteiger partial charge on any atom is -0.469 e. The van der Waals surface area contributed by atoms with E-state index in [1.54, 1.807) is 6.26 Å². The second kappa shape index (κ2) is 6.99. The number of methoxy groups -OCH3 is 1. The highest BCUT2D eigenvalue weighted by atomic mass is 16.5. The van der Waals surface area contributed by atoms with Gasteiger partial charge < -0.3 is 14.3 Å². The largest absolute Gasteiger partial charge is 0.469 e. The van der Waals surface area contributed by atoms with Gasteiger partial charge in [0.25, 0.3) is 0 Å². The van der Waals surface area contributed by atoms with Crippen LogP contribution < -0.4 is 0 Å². The molecule has 4 heteroatoms. The summed E-state index contributed by atoms with van der Waals surface area (Å²) in [4.78, 5) is 12.3. The molecule has 0 aliphatic heterocycles. The number of hydrogen-bond donors (Lipinski definition) is 1. The zero-order valence-corrected chi connectivity index (χ0v) is 15.6. The first kappa shape index (κ1) is 18.2. The maximum Gasteiger partial charge on any atom is 0.334 e. The van der Waals surface area contributed by atoms with Crippen molar-refractivity contribution in [2.75, 3.05) is 13.7 Å². The number of furan rings is 1. The Morgan fingerprint density at radius 2 is 2.24 bits per heavy atom. The molecule has 0 bridgehead atoms. The van der Waals surface area contributed by atoms with Gasteiger partial charge in [0.1, 0.15) is 5.76 Å². The van der Waals surface area contributed by atoms with Gasteiger partial charge in [-0.15, -0.1) is 0 Å². The molecule has 1 heterocycles. The number of fused-ring (bicyclic) bond motifs is 1. The van der Waals surface area contributed by atoms with E-state index in [2.05, 4.69) is 13.8 Å². The van der Waals surface area contributed by atoms with Crippen LogP contribution in [0.5, 0.6) is 0 Å². The van der Waals surface area contributed by atoms with Gasteiger partial charge in [-0.3, -0.25) is 0 Å². The van der Waals surface area contributed by atoms with Crippen molar-refractivity contribution in [1.29, 1.82) is 0 Å². The van der Waals surface area contributed by atoms with E-state index in [0.29, 0.717) is 17.4 Å². The Kier molecular flexibility index (Phi) is 5.10. The van der Waals surface area contributed by atoms with Crippen LogP contribution in [0, 0.1) is 22.7 Å². The molecular formula is C21H30O4. The van der Waals surface area contributed by atoms with E-state index < -0.39 is 5.41 Å². The van der Waals surface area contributed by atoms with Crippen LogP contribution >= 0.6 is 0 Å². The van der Waals surface area contributed by atoms with E-state index in [4.69, 9.17) is 9.15 Å². The zero-order chi connectivity index (χ0) is 18.1. The topological polar surface area (TPSA) is 59.7 Å². The van der Waals surface area contributed by atoms with Gasteiger partial charge in [-0.05, 0) is 61.5 Å². The first-order valence-electron chi connectivity index (χ1n) is 9.39. The monoisotopic (exact) mass is 346 g/mol. The quantitative estimate of drug-likeness (QED) is 0.814. The van der Waals surface area contributed by atoms with Gasteiger partial charge in [0, 0.05) is 17.4 Å². The van der Waals surface area contributed by atoms with Crippen molar-refractivity contribution >= 4 is 5.97 Å². The number of aliphatic hydroxyl groups excluding tert-OH is 1. The Morgan fingerprint density at radius 1 is 1.44 bits per heavy atom. The van der Waals surface area contributed by atoms with E-state index in [-0.39, 0.29) is 18.0 Å². The van der Waals surface area contributed by atoms with Crippen molar-refractivity contribution in [1.82, 2.24) is 0 Å². The van der Waals surface area contributed by atoms with Crippen LogP contribution in [0.3, 0.4) is 0 Å². The molecule has 0 radical (unpaired) electrons. The molecule has 1 saturated carbocycles. The van der Waals surface area contributed by atoms with Crippen LogP contribution in [-0.4, -0.2) is 24.8 Å². The molecule has 1 fully saturated rings. The number of aryl methyl sites for hydroxylation is 1. The summed E-state index contributed by atoms with van der Waals surface area (Å²) in [5.41, 5.74) is 0.456. The molecule has 0 amide bonds. The van der Waals surface area contributed by atoms with E-state index >= 15 is 0 Å². The summed E-state index contributed by atoms with van der Waals surface area (Å²) in [5, 5.41) is 10.3. The van der Waals surface area contributed by atoms with Crippen molar-refractivity contribution < 1.29 is 19.1 Å². The predicted octanol–water partition coefficient (Wildman–Crippen LogP) is 4.14. The standard InChI is InChI=1S/C21H30O4/c1-15-17-7-4-8-18(19(23)24-3)21(17,14-22)12-11-20(15,2)10-9-16-6-5-13-25-16/h5-6,8,13,15,17,22H,4,7,9-12,14H2,1-3H3. The normalized spacial score (nSPS) is 35.0. The summed E-state index contributed by atoms with van der Waals surface area (Å²) >= 11 is 0. The lowest BCUT2D eigenvalue weighted by atomic mass is 9.48. The predicted molar refractivity (Wildman–Crippen MR) is 95.9 cm³/mol. The number of aliphatic hydroxyl groups is 1. The van der Waals surface area contributed by atoms with Crippen molar-refractivity contribution in [3.05, 3.63) is 35.8 Å². The molecule has 0 spiro atoms. The second-order valence-electron chi connectivity index (χ2n) is 8.13. The van der Waals surface area contributed by atoms with Gasteiger partial charge >= 0.3 is 5.97 Å². The number of allylic oxidation sites excluding steroid dienone is 1. The molecule has 4 atom stereocenters. The molecule has 1 aromatic heterocycles. The van der Waals surface area contributed by atoms with Crippen molar-refractivity contribution in [2.24, 2.45) is 22.7 Å². The van der Waals surface area contributed by atoms with E-state index in [0.717, 1.165) is 44.3 Å². The van der Waals surface area contributed by atoms with Crippen LogP contribution in [0.2, 0.25) is 0 Å². The van der Waals surface area contributed by atoms with Gasteiger partial charge in [0.05, 0.1) is 20.0 Å². The molecule has 1 N–H and O–H groups in total. The molecule has 4 nitrogen and oxygen atoms in total. The van der Waals surface area contributed by atoms with Crippen LogP contribution in [0.15, 0.2) is 34.5 Å². The van der Waals surface area contributed by atoms with Crippen molar-refractivity contribution in [3.8, 4) is 0 Å². The highest BCUT2D eigenvalue weighted by molar-refractivity contribution is 5.90. The number of hydrogen-bond acceptors (Lipinski definition) is 4. The molecule has 2 aliphatic carbocycles. The minimum absolute atomic E-state index is 0.0250. The van der Waals surface area contributed by atoms with E-state index in [9.17, 15) is 9.90 Å². The number of ether oxygens (including phenoxy) is 1. The molecule has 0 saturated heterocycles. The third-order valence-electron chi connectivity index (χ3n) is 7.13. The van der Waals surface area contributed by atoms with Gasteiger partial charge in [-0.2, -0.15) is 0 Å². The third kappa shape index (κ3) is 3.05. The summed E-state index contributed by atoms with van der Waals surface area (Å²) in [6.07, 6.45) is 9.48. The molecule has 3 rings (SSSR count). The van der Waals surface area contributed by atoms with E-state index in [1.165, 1.54) is 7.11 Å². The fraction of sp³-hybridized carbons (Fsp3) is 0.667. The maximum atomic E-state index is 12.3. The van der Waals surface area contributed by atoms with Gasteiger partial charge in [-0.1, -0.05) is 19.9 Å². The maximum absolute atomic E-state index is 12.3. The smallest absolute Gasteiger partial charge is 0.334 e. The van der Waals surface area contributed by atoms with Gasteiger partial charge in [0.2, 0.25) is 0 Å². The first-order valence-corrected chi connectivity index (χ1v) is 9.39. The number of carbonyl (C=O) groups is 1. The summed E-state index contributed by atoms with van der Waals surface area (Å²) in [6.45, 7) is 4.69. The SMILES string of the molecule is COC(=O)C1=CCCC2C(C)C(C)(CCc3ccco3)CCC12CO. The van der Waals surface area contributed by atoms with Crippen molar-refractivity contribution in [3.63, 3.8) is 0 Å². The molecule has 4 unspecified atom stereocenters.